The Hall–Kier alpha value is -3.27. The standard InChI is InChI=1S/C21H19NO3/c1-3-16(23)11-8-14(2)21(15-9-12-17(24)13-10-15)18-6-4-5-7-19(18)22-20(21)25/h3-13,23-24H,2H2,1H3,(H,22,25)/b11-8-,16-3+. The first-order valence-electron chi connectivity index (χ1n) is 7.93. The highest BCUT2D eigenvalue weighted by molar-refractivity contribution is 6.11. The number of aromatic hydroxyl groups is 1. The number of phenolic OH excluding ortho intramolecular Hbond substituents is 1. The topological polar surface area (TPSA) is 69.6 Å². The molecule has 1 atom stereocenters. The molecule has 2 aromatic rings. The van der Waals surface area contributed by atoms with Crippen molar-refractivity contribution < 1.29 is 15.0 Å². The number of amides is 1. The van der Waals surface area contributed by atoms with Gasteiger partial charge in [-0.3, -0.25) is 4.79 Å². The van der Waals surface area contributed by atoms with Crippen LogP contribution in [0.25, 0.3) is 0 Å². The van der Waals surface area contributed by atoms with Crippen LogP contribution in [-0.2, 0) is 10.2 Å². The zero-order valence-electron chi connectivity index (χ0n) is 13.9. The summed E-state index contributed by atoms with van der Waals surface area (Å²) < 4.78 is 0. The second kappa shape index (κ2) is 6.32. The van der Waals surface area contributed by atoms with Crippen molar-refractivity contribution in [1.82, 2.24) is 0 Å². The fourth-order valence-corrected chi connectivity index (χ4v) is 3.17. The van der Waals surface area contributed by atoms with Gasteiger partial charge in [0, 0.05) is 11.3 Å². The van der Waals surface area contributed by atoms with Crippen molar-refractivity contribution in [2.24, 2.45) is 0 Å². The fraction of sp³-hybridized carbons (Fsp3) is 0.0952. The van der Waals surface area contributed by atoms with E-state index in [1.54, 1.807) is 43.3 Å². The summed E-state index contributed by atoms with van der Waals surface area (Å²) in [5, 5.41) is 22.2. The normalized spacial score (nSPS) is 19.7. The maximum atomic E-state index is 13.0. The number of hydrogen-bond acceptors (Lipinski definition) is 3. The molecule has 3 rings (SSSR count). The van der Waals surface area contributed by atoms with Gasteiger partial charge < -0.3 is 15.5 Å². The lowest BCUT2D eigenvalue weighted by atomic mass is 9.70. The smallest absolute Gasteiger partial charge is 0.244 e. The lowest BCUT2D eigenvalue weighted by molar-refractivity contribution is -0.118. The van der Waals surface area contributed by atoms with Crippen LogP contribution in [0.1, 0.15) is 18.1 Å². The van der Waals surface area contributed by atoms with Crippen molar-refractivity contribution in [1.29, 1.82) is 0 Å². The van der Waals surface area contributed by atoms with E-state index >= 15 is 0 Å². The van der Waals surface area contributed by atoms with Gasteiger partial charge in [-0.25, -0.2) is 0 Å². The maximum Gasteiger partial charge on any atom is 0.244 e. The summed E-state index contributed by atoms with van der Waals surface area (Å²) in [6, 6.07) is 14.0. The quantitative estimate of drug-likeness (QED) is 0.580. The molecule has 1 heterocycles. The van der Waals surface area contributed by atoms with Crippen LogP contribution in [-0.4, -0.2) is 16.1 Å². The molecule has 3 N–H and O–H groups in total. The highest BCUT2D eigenvalue weighted by atomic mass is 16.3. The minimum Gasteiger partial charge on any atom is -0.508 e. The van der Waals surface area contributed by atoms with Gasteiger partial charge in [-0.2, -0.15) is 0 Å². The Balaban J connectivity index is 2.23. The number of phenols is 1. The van der Waals surface area contributed by atoms with Crippen molar-refractivity contribution in [3.8, 4) is 5.75 Å². The molecule has 1 unspecified atom stereocenters. The molecule has 0 radical (unpaired) electrons. The third-order valence-electron chi connectivity index (χ3n) is 4.45. The highest BCUT2D eigenvalue weighted by Gasteiger charge is 2.49. The summed E-state index contributed by atoms with van der Waals surface area (Å²) in [6.07, 6.45) is 4.71. The number of para-hydroxylation sites is 1. The highest BCUT2D eigenvalue weighted by Crippen LogP contribution is 2.47. The van der Waals surface area contributed by atoms with Gasteiger partial charge in [-0.1, -0.05) is 43.0 Å². The van der Waals surface area contributed by atoms with Gasteiger partial charge in [0.25, 0.3) is 0 Å². The average molecular weight is 333 g/mol. The molecule has 25 heavy (non-hydrogen) atoms. The number of carbonyl (C=O) groups is 1. The van der Waals surface area contributed by atoms with E-state index < -0.39 is 5.41 Å². The number of anilines is 1. The van der Waals surface area contributed by atoms with Crippen molar-refractivity contribution in [3.05, 3.63) is 95.8 Å². The summed E-state index contributed by atoms with van der Waals surface area (Å²) >= 11 is 0. The molecule has 2 aromatic carbocycles. The molecule has 0 bridgehead atoms. The Morgan fingerprint density at radius 1 is 1.12 bits per heavy atom. The third-order valence-corrected chi connectivity index (χ3v) is 4.45. The molecule has 4 heteroatoms. The van der Waals surface area contributed by atoms with E-state index in [1.807, 2.05) is 24.3 Å². The predicted octanol–water partition coefficient (Wildman–Crippen LogP) is 4.20. The first kappa shape index (κ1) is 16.6. The minimum atomic E-state index is -1.12. The zero-order chi connectivity index (χ0) is 18.0. The lowest BCUT2D eigenvalue weighted by Crippen LogP contribution is -2.37. The van der Waals surface area contributed by atoms with E-state index in [1.165, 1.54) is 6.08 Å². The number of nitrogens with one attached hydrogen (secondary N) is 1. The van der Waals surface area contributed by atoms with E-state index in [4.69, 9.17) is 0 Å². The van der Waals surface area contributed by atoms with Crippen LogP contribution in [0.3, 0.4) is 0 Å². The summed E-state index contributed by atoms with van der Waals surface area (Å²) in [5.41, 5.74) is 1.62. The van der Waals surface area contributed by atoms with E-state index in [9.17, 15) is 15.0 Å². The molecule has 0 saturated heterocycles. The molecule has 0 saturated carbocycles. The molecule has 126 valence electrons. The zero-order valence-corrected chi connectivity index (χ0v) is 13.9. The van der Waals surface area contributed by atoms with Gasteiger partial charge in [0.15, 0.2) is 0 Å². The molecular weight excluding hydrogens is 314 g/mol. The average Bonchev–Trinajstić information content (AvgIpc) is 2.92. The van der Waals surface area contributed by atoms with Crippen molar-refractivity contribution >= 4 is 11.6 Å². The maximum absolute atomic E-state index is 13.0. The van der Waals surface area contributed by atoms with Crippen LogP contribution in [0.4, 0.5) is 5.69 Å². The number of aliphatic hydroxyl groups is 1. The SMILES string of the molecule is C=C(/C=C\C(O)=C/C)C1(c2ccc(O)cc2)C(=O)Nc2ccccc21. The van der Waals surface area contributed by atoms with Crippen molar-refractivity contribution in [3.63, 3.8) is 0 Å². The van der Waals surface area contributed by atoms with Gasteiger partial charge in [0.05, 0.1) is 0 Å². The van der Waals surface area contributed by atoms with Gasteiger partial charge in [-0.05, 0) is 48.4 Å². The molecular formula is C21H19NO3. The Labute approximate surface area is 146 Å². The minimum absolute atomic E-state index is 0.0914. The summed E-state index contributed by atoms with van der Waals surface area (Å²) in [5.74, 6) is 0.000935. The predicted molar refractivity (Wildman–Crippen MR) is 98.6 cm³/mol. The van der Waals surface area contributed by atoms with Crippen LogP contribution in [0.5, 0.6) is 5.75 Å². The van der Waals surface area contributed by atoms with Crippen LogP contribution in [0, 0.1) is 0 Å². The van der Waals surface area contributed by atoms with Crippen LogP contribution in [0.2, 0.25) is 0 Å². The number of aliphatic hydroxyl groups excluding tert-OH is 1. The second-order valence-electron chi connectivity index (χ2n) is 5.87. The first-order chi connectivity index (χ1) is 12.0. The number of hydrogen-bond donors (Lipinski definition) is 3. The van der Waals surface area contributed by atoms with Crippen molar-refractivity contribution in [2.75, 3.05) is 5.32 Å². The van der Waals surface area contributed by atoms with Gasteiger partial charge in [0.1, 0.15) is 16.9 Å². The molecule has 1 aliphatic heterocycles. The van der Waals surface area contributed by atoms with Crippen LogP contribution >= 0.6 is 0 Å². The third kappa shape index (κ3) is 2.62. The van der Waals surface area contributed by atoms with Crippen LogP contribution in [0.15, 0.2) is 84.7 Å². The molecule has 4 nitrogen and oxygen atoms in total. The lowest BCUT2D eigenvalue weighted by Gasteiger charge is -2.29. The Bertz CT molecular complexity index is 894. The Morgan fingerprint density at radius 3 is 2.48 bits per heavy atom. The molecule has 0 aliphatic carbocycles. The summed E-state index contributed by atoms with van der Waals surface area (Å²) in [7, 11) is 0. The van der Waals surface area contributed by atoms with Gasteiger partial charge in [-0.15, -0.1) is 0 Å². The van der Waals surface area contributed by atoms with E-state index in [0.29, 0.717) is 11.1 Å². The molecule has 1 amide bonds. The number of carbonyl (C=O) groups excluding carboxylic acids is 1. The first-order valence-corrected chi connectivity index (χ1v) is 7.93. The van der Waals surface area contributed by atoms with Gasteiger partial charge >= 0.3 is 0 Å². The Kier molecular flexibility index (Phi) is 4.19. The van der Waals surface area contributed by atoms with Gasteiger partial charge in [0.2, 0.25) is 5.91 Å². The number of rotatable bonds is 4. The molecule has 0 aromatic heterocycles. The van der Waals surface area contributed by atoms with Crippen molar-refractivity contribution in [2.45, 2.75) is 12.3 Å². The fourth-order valence-electron chi connectivity index (χ4n) is 3.17. The number of fused-ring (bicyclic) bond motifs is 1. The van der Waals surface area contributed by atoms with E-state index in [2.05, 4.69) is 11.9 Å². The van der Waals surface area contributed by atoms with E-state index in [-0.39, 0.29) is 17.4 Å². The molecule has 0 fully saturated rings. The summed E-state index contributed by atoms with van der Waals surface area (Å²) in [6.45, 7) is 5.83. The largest absolute Gasteiger partial charge is 0.508 e. The monoisotopic (exact) mass is 333 g/mol. The molecule has 1 aliphatic rings. The number of benzene rings is 2. The Morgan fingerprint density at radius 2 is 1.80 bits per heavy atom. The summed E-state index contributed by atoms with van der Waals surface area (Å²) in [4.78, 5) is 13.0. The number of allylic oxidation sites excluding steroid dienone is 3. The van der Waals surface area contributed by atoms with Crippen LogP contribution < -0.4 is 5.32 Å². The van der Waals surface area contributed by atoms with E-state index in [0.717, 1.165) is 11.3 Å². The molecule has 0 spiro atoms. The second-order valence-corrected chi connectivity index (χ2v) is 5.87.